The molecule has 2 saturated heterocycles. The maximum atomic E-state index is 11.9. The molecular weight excluding hydrogens is 248 g/mol. The SMILES string of the molecule is O=C(O)C(CC1CO1)(CC1CO1)c1ccccc1O. The van der Waals surface area contributed by atoms with E-state index in [0.717, 1.165) is 0 Å². The van der Waals surface area contributed by atoms with Crippen molar-refractivity contribution in [3.63, 3.8) is 0 Å². The number of aromatic hydroxyl groups is 1. The van der Waals surface area contributed by atoms with E-state index in [-0.39, 0.29) is 18.0 Å². The van der Waals surface area contributed by atoms with Gasteiger partial charge in [-0.05, 0) is 18.9 Å². The monoisotopic (exact) mass is 264 g/mol. The third kappa shape index (κ3) is 2.43. The Morgan fingerprint density at radius 3 is 2.16 bits per heavy atom. The lowest BCUT2D eigenvalue weighted by Crippen LogP contribution is -2.39. The number of aliphatic carboxylic acids is 1. The molecule has 0 saturated carbocycles. The van der Waals surface area contributed by atoms with Gasteiger partial charge >= 0.3 is 5.97 Å². The smallest absolute Gasteiger partial charge is 0.314 e. The fraction of sp³-hybridized carbons (Fsp3) is 0.500. The van der Waals surface area contributed by atoms with Crippen LogP contribution >= 0.6 is 0 Å². The summed E-state index contributed by atoms with van der Waals surface area (Å²) in [5.74, 6) is -0.911. The van der Waals surface area contributed by atoms with Crippen LogP contribution in [0.3, 0.4) is 0 Å². The largest absolute Gasteiger partial charge is 0.508 e. The molecule has 2 N–H and O–H groups in total. The van der Waals surface area contributed by atoms with E-state index in [1.54, 1.807) is 18.2 Å². The second-order valence-electron chi connectivity index (χ2n) is 5.22. The Labute approximate surface area is 110 Å². The van der Waals surface area contributed by atoms with Gasteiger partial charge < -0.3 is 19.7 Å². The van der Waals surface area contributed by atoms with Crippen LogP contribution < -0.4 is 0 Å². The molecule has 0 amide bonds. The standard InChI is InChI=1S/C14H16O5/c15-12-4-2-1-3-11(12)14(13(16)17,5-9-7-18-9)6-10-8-19-10/h1-4,9-10,15H,5-8H2,(H,16,17). The Kier molecular flexibility index (Phi) is 2.95. The number of benzene rings is 1. The first-order valence-corrected chi connectivity index (χ1v) is 6.37. The van der Waals surface area contributed by atoms with Crippen LogP contribution in [-0.2, 0) is 19.7 Å². The van der Waals surface area contributed by atoms with E-state index < -0.39 is 11.4 Å². The molecule has 2 unspecified atom stereocenters. The van der Waals surface area contributed by atoms with Crippen LogP contribution in [0.1, 0.15) is 18.4 Å². The topological polar surface area (TPSA) is 82.6 Å². The predicted octanol–water partition coefficient (Wildman–Crippen LogP) is 1.29. The van der Waals surface area contributed by atoms with Gasteiger partial charge in [0.15, 0.2) is 0 Å². The van der Waals surface area contributed by atoms with Crippen molar-refractivity contribution in [3.05, 3.63) is 29.8 Å². The molecule has 3 rings (SSSR count). The molecule has 2 aliphatic rings. The van der Waals surface area contributed by atoms with Gasteiger partial charge in [0.05, 0.1) is 25.4 Å². The first-order chi connectivity index (χ1) is 9.12. The van der Waals surface area contributed by atoms with Gasteiger partial charge in [-0.2, -0.15) is 0 Å². The molecule has 2 fully saturated rings. The van der Waals surface area contributed by atoms with E-state index in [1.807, 2.05) is 0 Å². The second kappa shape index (κ2) is 4.51. The number of phenolic OH excluding ortho intramolecular Hbond substituents is 1. The Balaban J connectivity index is 2.01. The minimum Gasteiger partial charge on any atom is -0.508 e. The molecule has 0 bridgehead atoms. The van der Waals surface area contributed by atoms with Crippen LogP contribution in [0, 0.1) is 0 Å². The minimum absolute atomic E-state index is 0.0196. The zero-order valence-corrected chi connectivity index (χ0v) is 10.4. The summed E-state index contributed by atoms with van der Waals surface area (Å²) in [5.41, 5.74) is -0.679. The molecular formula is C14H16O5. The summed E-state index contributed by atoms with van der Waals surface area (Å²) >= 11 is 0. The number of ether oxygens (including phenoxy) is 2. The summed E-state index contributed by atoms with van der Waals surface area (Å²) in [4.78, 5) is 11.9. The summed E-state index contributed by atoms with van der Waals surface area (Å²) in [7, 11) is 0. The molecule has 5 heteroatoms. The van der Waals surface area contributed by atoms with Crippen LogP contribution in [-0.4, -0.2) is 41.6 Å². The maximum absolute atomic E-state index is 11.9. The molecule has 102 valence electrons. The molecule has 0 aliphatic carbocycles. The zero-order valence-electron chi connectivity index (χ0n) is 10.4. The van der Waals surface area contributed by atoms with Gasteiger partial charge in [-0.1, -0.05) is 18.2 Å². The van der Waals surface area contributed by atoms with Crippen molar-refractivity contribution >= 4 is 5.97 Å². The lowest BCUT2D eigenvalue weighted by Gasteiger charge is -2.29. The summed E-state index contributed by atoms with van der Waals surface area (Å²) < 4.78 is 10.4. The first kappa shape index (κ1) is 12.4. The molecule has 0 aromatic heterocycles. The minimum atomic E-state index is -1.13. The van der Waals surface area contributed by atoms with Crippen LogP contribution in [0.5, 0.6) is 5.75 Å². The van der Waals surface area contributed by atoms with Crippen LogP contribution in [0.4, 0.5) is 0 Å². The van der Waals surface area contributed by atoms with Gasteiger partial charge in [-0.3, -0.25) is 4.79 Å². The fourth-order valence-corrected chi connectivity index (χ4v) is 2.62. The van der Waals surface area contributed by atoms with E-state index in [1.165, 1.54) is 6.07 Å². The predicted molar refractivity (Wildman–Crippen MR) is 66.1 cm³/mol. The van der Waals surface area contributed by atoms with Crippen molar-refractivity contribution in [1.82, 2.24) is 0 Å². The summed E-state index contributed by atoms with van der Waals surface area (Å²) in [6.45, 7) is 1.18. The van der Waals surface area contributed by atoms with Gasteiger partial charge in [0.25, 0.3) is 0 Å². The van der Waals surface area contributed by atoms with Crippen molar-refractivity contribution in [2.75, 3.05) is 13.2 Å². The fourth-order valence-electron chi connectivity index (χ4n) is 2.62. The number of carbonyl (C=O) groups is 1. The highest BCUT2D eigenvalue weighted by Crippen LogP contribution is 2.43. The van der Waals surface area contributed by atoms with Gasteiger partial charge in [-0.15, -0.1) is 0 Å². The molecule has 2 aliphatic heterocycles. The van der Waals surface area contributed by atoms with E-state index in [4.69, 9.17) is 9.47 Å². The summed E-state index contributed by atoms with van der Waals surface area (Å²) in [6, 6.07) is 6.63. The summed E-state index contributed by atoms with van der Waals surface area (Å²) in [5, 5.41) is 19.7. The lowest BCUT2D eigenvalue weighted by molar-refractivity contribution is -0.145. The quantitative estimate of drug-likeness (QED) is 0.756. The number of carboxylic acid groups (broad SMARTS) is 1. The average molecular weight is 264 g/mol. The number of hydrogen-bond acceptors (Lipinski definition) is 4. The van der Waals surface area contributed by atoms with Crippen molar-refractivity contribution in [3.8, 4) is 5.75 Å². The molecule has 19 heavy (non-hydrogen) atoms. The Hall–Kier alpha value is -1.59. The normalized spacial score (nSPS) is 27.6. The van der Waals surface area contributed by atoms with Crippen LogP contribution in [0.15, 0.2) is 24.3 Å². The van der Waals surface area contributed by atoms with E-state index in [2.05, 4.69) is 0 Å². The van der Waals surface area contributed by atoms with E-state index >= 15 is 0 Å². The third-order valence-electron chi connectivity index (χ3n) is 3.79. The van der Waals surface area contributed by atoms with Crippen molar-refractivity contribution < 1.29 is 24.5 Å². The van der Waals surface area contributed by atoms with E-state index in [9.17, 15) is 15.0 Å². The van der Waals surface area contributed by atoms with Crippen LogP contribution in [0.25, 0.3) is 0 Å². The van der Waals surface area contributed by atoms with Crippen molar-refractivity contribution in [2.45, 2.75) is 30.5 Å². The Bertz CT molecular complexity index is 476. The molecule has 1 aromatic carbocycles. The van der Waals surface area contributed by atoms with Crippen molar-refractivity contribution in [2.24, 2.45) is 0 Å². The first-order valence-electron chi connectivity index (χ1n) is 6.37. The number of para-hydroxylation sites is 1. The molecule has 1 aromatic rings. The zero-order chi connectivity index (χ0) is 13.5. The Morgan fingerprint density at radius 2 is 1.74 bits per heavy atom. The highest BCUT2D eigenvalue weighted by Gasteiger charge is 2.50. The lowest BCUT2D eigenvalue weighted by atomic mass is 9.72. The number of phenols is 1. The molecule has 2 heterocycles. The number of rotatable bonds is 6. The average Bonchev–Trinajstić information content (AvgIpc) is 3.24. The maximum Gasteiger partial charge on any atom is 0.314 e. The number of epoxide rings is 2. The highest BCUT2D eigenvalue weighted by atomic mass is 16.6. The molecule has 2 atom stereocenters. The molecule has 5 nitrogen and oxygen atoms in total. The van der Waals surface area contributed by atoms with E-state index in [0.29, 0.717) is 31.6 Å². The summed E-state index contributed by atoms with van der Waals surface area (Å²) in [6.07, 6.45) is 0.684. The van der Waals surface area contributed by atoms with Gasteiger partial charge in [0.1, 0.15) is 11.2 Å². The number of hydrogen-bond donors (Lipinski definition) is 2. The molecule has 0 spiro atoms. The van der Waals surface area contributed by atoms with Gasteiger partial charge in [0, 0.05) is 5.56 Å². The molecule has 0 radical (unpaired) electrons. The number of carboxylic acids is 1. The second-order valence-corrected chi connectivity index (χ2v) is 5.22. The van der Waals surface area contributed by atoms with Crippen LogP contribution in [0.2, 0.25) is 0 Å². The van der Waals surface area contributed by atoms with Gasteiger partial charge in [-0.25, -0.2) is 0 Å². The highest BCUT2D eigenvalue weighted by molar-refractivity contribution is 5.82. The van der Waals surface area contributed by atoms with Gasteiger partial charge in [0.2, 0.25) is 0 Å². The Morgan fingerprint density at radius 1 is 1.21 bits per heavy atom. The van der Waals surface area contributed by atoms with Crippen molar-refractivity contribution in [1.29, 1.82) is 0 Å². The third-order valence-corrected chi connectivity index (χ3v) is 3.79.